The lowest BCUT2D eigenvalue weighted by atomic mass is 9.97. The van der Waals surface area contributed by atoms with Crippen molar-refractivity contribution in [2.45, 2.75) is 44.4 Å². The van der Waals surface area contributed by atoms with E-state index in [0.717, 1.165) is 28.3 Å². The molecule has 0 spiro atoms. The normalized spacial score (nSPS) is 16.9. The van der Waals surface area contributed by atoms with Gasteiger partial charge in [-0.25, -0.2) is 4.68 Å². The van der Waals surface area contributed by atoms with Crippen molar-refractivity contribution in [3.05, 3.63) is 71.3 Å². The van der Waals surface area contributed by atoms with Crippen molar-refractivity contribution in [1.82, 2.24) is 14.7 Å². The molecule has 5 rings (SSSR count). The number of piperidine rings is 1. The highest BCUT2D eigenvalue weighted by molar-refractivity contribution is 8.18. The molecule has 0 aliphatic carbocycles. The Morgan fingerprint density at radius 3 is 2.55 bits per heavy atom. The third-order valence-electron chi connectivity index (χ3n) is 6.94. The molecule has 0 atom stereocenters. The average molecular weight is 575 g/mol. The number of unbranched alkanes of at least 4 members (excludes halogenated alkanes) is 1. The Bertz CT molecular complexity index is 1390. The van der Waals surface area contributed by atoms with Gasteiger partial charge in [-0.05, 0) is 74.0 Å². The van der Waals surface area contributed by atoms with Gasteiger partial charge in [-0.15, -0.1) is 11.8 Å². The zero-order chi connectivity index (χ0) is 27.9. The molecule has 0 N–H and O–H groups in total. The first kappa shape index (κ1) is 28.2. The molecule has 2 aliphatic rings. The fourth-order valence-electron chi connectivity index (χ4n) is 4.71. The number of hydrogen-bond donors (Lipinski definition) is 0. The number of nitrogens with zero attached hydrogens (tertiary/aromatic N) is 4. The minimum Gasteiger partial charge on any atom is -0.466 e. The van der Waals surface area contributed by atoms with E-state index in [0.29, 0.717) is 42.6 Å². The summed E-state index contributed by atoms with van der Waals surface area (Å²) in [6.07, 6.45) is 7.66. The van der Waals surface area contributed by atoms with Crippen molar-refractivity contribution in [2.75, 3.05) is 25.4 Å². The Morgan fingerprint density at radius 1 is 1.10 bits per heavy atom. The minimum atomic E-state index is -0.242. The van der Waals surface area contributed by atoms with Crippen LogP contribution in [0.1, 0.15) is 45.1 Å². The van der Waals surface area contributed by atoms with Crippen LogP contribution >= 0.6 is 23.5 Å². The van der Waals surface area contributed by atoms with E-state index in [1.54, 1.807) is 0 Å². The molecule has 2 aliphatic heterocycles. The predicted octanol–water partition coefficient (Wildman–Crippen LogP) is 6.68. The molecule has 1 fully saturated rings. The second kappa shape index (κ2) is 13.4. The van der Waals surface area contributed by atoms with E-state index >= 15 is 0 Å². The van der Waals surface area contributed by atoms with Gasteiger partial charge >= 0.3 is 5.97 Å². The van der Waals surface area contributed by atoms with E-state index in [-0.39, 0.29) is 17.8 Å². The van der Waals surface area contributed by atoms with Crippen LogP contribution in [0.2, 0.25) is 0 Å². The molecule has 0 unspecified atom stereocenters. The second-order valence-electron chi connectivity index (χ2n) is 9.76. The number of ether oxygens (including phenoxy) is 1. The number of thioether (sulfide) groups is 2. The Labute approximate surface area is 244 Å². The monoisotopic (exact) mass is 574 g/mol. The number of amides is 1. The molecule has 1 amide bonds. The molecule has 3 heterocycles. The number of esters is 1. The van der Waals surface area contributed by atoms with Crippen LogP contribution in [-0.4, -0.2) is 57.2 Å². The molecule has 0 saturated carbocycles. The largest absolute Gasteiger partial charge is 0.466 e. The molecule has 2 aromatic carbocycles. The summed E-state index contributed by atoms with van der Waals surface area (Å²) in [4.78, 5) is 33.4. The number of para-hydroxylation sites is 1. The zero-order valence-corrected chi connectivity index (χ0v) is 24.5. The Balaban J connectivity index is 1.36. The van der Waals surface area contributed by atoms with Crippen molar-refractivity contribution >= 4 is 46.6 Å². The molecular weight excluding hydrogens is 541 g/mol. The highest BCUT2D eigenvalue weighted by Gasteiger charge is 2.32. The fraction of sp³-hybridized carbons (Fsp3) is 0.355. The highest BCUT2D eigenvalue weighted by atomic mass is 32.2. The molecule has 1 aromatic heterocycles. The second-order valence-corrected chi connectivity index (χ2v) is 11.9. The van der Waals surface area contributed by atoms with Crippen LogP contribution in [0.15, 0.2) is 75.6 Å². The standard InChI is InChI=1S/C31H34N4O3S2/c1-3-5-19-39-26-13-11-22(12-14-26)28-24(21-35(33-28)25-9-7-6-8-10-25)20-27-29(36)32-31(40-27)34-17-15-23(16-18-34)30(37)38-4-2/h6-14,20-21,23H,3-5,15-19H2,1-2H3. The molecule has 7 nitrogen and oxygen atoms in total. The SMILES string of the molecule is CCCCSc1ccc(-c2nn(-c3ccccc3)cc2C=C2SC(N3CCC(C(=O)OCC)CC3)=NC2=O)cc1. The van der Waals surface area contributed by atoms with Gasteiger partial charge in [-0.3, -0.25) is 9.59 Å². The summed E-state index contributed by atoms with van der Waals surface area (Å²) in [5.74, 6) is 0.651. The average Bonchev–Trinajstić information content (AvgIpc) is 3.58. The Kier molecular flexibility index (Phi) is 9.44. The molecule has 0 bridgehead atoms. The number of carbonyl (C=O) groups excluding carboxylic acids is 2. The summed E-state index contributed by atoms with van der Waals surface area (Å²) in [5.41, 5.74) is 3.63. The quantitative estimate of drug-likeness (QED) is 0.122. The maximum atomic E-state index is 13.0. The van der Waals surface area contributed by atoms with Crippen LogP contribution < -0.4 is 0 Å². The van der Waals surface area contributed by atoms with Crippen molar-refractivity contribution in [1.29, 1.82) is 0 Å². The van der Waals surface area contributed by atoms with Gasteiger partial charge in [0, 0.05) is 35.3 Å². The number of hydrogen-bond acceptors (Lipinski definition) is 7. The van der Waals surface area contributed by atoms with Gasteiger partial charge in [0.15, 0.2) is 5.17 Å². The Hall–Kier alpha value is -3.30. The molecule has 0 radical (unpaired) electrons. The number of benzene rings is 2. The van der Waals surface area contributed by atoms with E-state index in [2.05, 4.69) is 41.1 Å². The van der Waals surface area contributed by atoms with Gasteiger partial charge in [0.2, 0.25) is 0 Å². The molecular formula is C31H34N4O3S2. The Morgan fingerprint density at radius 2 is 1.85 bits per heavy atom. The lowest BCUT2D eigenvalue weighted by Gasteiger charge is -2.31. The highest BCUT2D eigenvalue weighted by Crippen LogP contribution is 2.35. The van der Waals surface area contributed by atoms with Crippen LogP contribution in [0.3, 0.4) is 0 Å². The van der Waals surface area contributed by atoms with Gasteiger partial charge < -0.3 is 9.64 Å². The maximum absolute atomic E-state index is 13.0. The predicted molar refractivity (Wildman–Crippen MR) is 164 cm³/mol. The zero-order valence-electron chi connectivity index (χ0n) is 22.9. The number of aromatic nitrogens is 2. The van der Waals surface area contributed by atoms with Crippen molar-refractivity contribution in [3.8, 4) is 16.9 Å². The minimum absolute atomic E-state index is 0.0864. The summed E-state index contributed by atoms with van der Waals surface area (Å²) in [5, 5.41) is 5.62. The summed E-state index contributed by atoms with van der Waals surface area (Å²) in [7, 11) is 0. The molecule has 40 heavy (non-hydrogen) atoms. The van der Waals surface area contributed by atoms with Crippen LogP contribution in [-0.2, 0) is 14.3 Å². The van der Waals surface area contributed by atoms with E-state index in [4.69, 9.17) is 9.84 Å². The number of amidine groups is 1. The number of likely N-dealkylation sites (tertiary alicyclic amines) is 1. The molecule has 208 valence electrons. The van der Waals surface area contributed by atoms with Crippen molar-refractivity contribution in [2.24, 2.45) is 10.9 Å². The van der Waals surface area contributed by atoms with Crippen molar-refractivity contribution < 1.29 is 14.3 Å². The number of rotatable bonds is 9. The smallest absolute Gasteiger partial charge is 0.309 e. The fourth-order valence-corrected chi connectivity index (χ4v) is 6.67. The summed E-state index contributed by atoms with van der Waals surface area (Å²) in [6, 6.07) is 18.5. The van der Waals surface area contributed by atoms with Crippen LogP contribution in [0, 0.1) is 5.92 Å². The van der Waals surface area contributed by atoms with Crippen LogP contribution in [0.5, 0.6) is 0 Å². The van der Waals surface area contributed by atoms with Gasteiger partial charge in [0.1, 0.15) is 0 Å². The van der Waals surface area contributed by atoms with E-state index in [1.807, 2.05) is 66.0 Å². The first-order valence-electron chi connectivity index (χ1n) is 13.9. The summed E-state index contributed by atoms with van der Waals surface area (Å²) in [6.45, 7) is 5.78. The lowest BCUT2D eigenvalue weighted by Crippen LogP contribution is -2.39. The topological polar surface area (TPSA) is 76.8 Å². The lowest BCUT2D eigenvalue weighted by molar-refractivity contribution is -0.149. The van der Waals surface area contributed by atoms with E-state index < -0.39 is 0 Å². The van der Waals surface area contributed by atoms with E-state index in [1.165, 1.54) is 29.5 Å². The summed E-state index contributed by atoms with van der Waals surface area (Å²) >= 11 is 3.26. The molecule has 9 heteroatoms. The van der Waals surface area contributed by atoms with E-state index in [9.17, 15) is 9.59 Å². The first-order chi connectivity index (χ1) is 19.6. The van der Waals surface area contributed by atoms with Gasteiger partial charge in [0.25, 0.3) is 5.91 Å². The van der Waals surface area contributed by atoms with Crippen LogP contribution in [0.4, 0.5) is 0 Å². The third-order valence-corrected chi connectivity index (χ3v) is 9.08. The number of aliphatic imine (C=N–C) groups is 1. The van der Waals surface area contributed by atoms with Gasteiger partial charge in [-0.2, -0.15) is 10.1 Å². The maximum Gasteiger partial charge on any atom is 0.309 e. The third kappa shape index (κ3) is 6.70. The summed E-state index contributed by atoms with van der Waals surface area (Å²) < 4.78 is 7.05. The van der Waals surface area contributed by atoms with Crippen molar-refractivity contribution in [3.63, 3.8) is 0 Å². The van der Waals surface area contributed by atoms with Gasteiger partial charge in [-0.1, -0.05) is 43.7 Å². The molecule has 3 aromatic rings. The first-order valence-corrected chi connectivity index (χ1v) is 15.7. The van der Waals surface area contributed by atoms with Gasteiger partial charge in [0.05, 0.1) is 28.8 Å². The molecule has 1 saturated heterocycles. The number of carbonyl (C=O) groups is 2. The van der Waals surface area contributed by atoms with Crippen LogP contribution in [0.25, 0.3) is 23.0 Å².